The molecule has 0 unspecified atom stereocenters. The summed E-state index contributed by atoms with van der Waals surface area (Å²) in [5, 5.41) is 1.04. The van der Waals surface area contributed by atoms with Crippen molar-refractivity contribution < 1.29 is 4.74 Å². The number of methoxy groups -OCH3 is 1. The molecule has 0 aliphatic heterocycles. The van der Waals surface area contributed by atoms with Gasteiger partial charge in [0.25, 0.3) is 0 Å². The summed E-state index contributed by atoms with van der Waals surface area (Å²) in [7, 11) is 1.60. The molecule has 4 nitrogen and oxygen atoms in total. The number of pyridine rings is 2. The van der Waals surface area contributed by atoms with Crippen molar-refractivity contribution in [2.75, 3.05) is 12.8 Å². The molecule has 0 bridgehead atoms. The molecule has 2 aromatic heterocycles. The number of anilines is 1. The lowest BCUT2D eigenvalue weighted by Crippen LogP contribution is -1.96. The Hall–Kier alpha value is -2.62. The highest BCUT2D eigenvalue weighted by molar-refractivity contribution is 5.88. The average molecular weight is 251 g/mol. The molecule has 0 spiro atoms. The van der Waals surface area contributed by atoms with Gasteiger partial charge in [0.2, 0.25) is 5.88 Å². The summed E-state index contributed by atoms with van der Waals surface area (Å²) in [5.74, 6) is 0.554. The number of rotatable bonds is 2. The molecule has 0 aliphatic carbocycles. The van der Waals surface area contributed by atoms with E-state index in [1.165, 1.54) is 0 Å². The van der Waals surface area contributed by atoms with Gasteiger partial charge in [0.1, 0.15) is 0 Å². The number of hydrogen-bond acceptors (Lipinski definition) is 4. The van der Waals surface area contributed by atoms with E-state index in [1.807, 2.05) is 30.3 Å². The molecule has 0 saturated carbocycles. The van der Waals surface area contributed by atoms with Crippen LogP contribution in [0.5, 0.6) is 5.88 Å². The number of ether oxygens (including phenoxy) is 1. The van der Waals surface area contributed by atoms with Gasteiger partial charge >= 0.3 is 0 Å². The van der Waals surface area contributed by atoms with E-state index in [4.69, 9.17) is 10.5 Å². The van der Waals surface area contributed by atoms with Crippen LogP contribution in [-0.2, 0) is 0 Å². The molecule has 0 amide bonds. The molecule has 0 aliphatic rings. The summed E-state index contributed by atoms with van der Waals surface area (Å²) in [6, 6.07) is 11.7. The molecule has 1 aromatic carbocycles. The van der Waals surface area contributed by atoms with Gasteiger partial charge in [0, 0.05) is 34.6 Å². The van der Waals surface area contributed by atoms with Crippen LogP contribution in [0.15, 0.2) is 48.8 Å². The fourth-order valence-corrected chi connectivity index (χ4v) is 2.08. The van der Waals surface area contributed by atoms with Crippen molar-refractivity contribution in [3.05, 3.63) is 48.8 Å². The lowest BCUT2D eigenvalue weighted by atomic mass is 10.1. The van der Waals surface area contributed by atoms with E-state index in [1.54, 1.807) is 25.6 Å². The average Bonchev–Trinajstić information content (AvgIpc) is 2.46. The lowest BCUT2D eigenvalue weighted by molar-refractivity contribution is 0.401. The van der Waals surface area contributed by atoms with Crippen molar-refractivity contribution in [3.8, 4) is 17.0 Å². The Balaban J connectivity index is 2.31. The van der Waals surface area contributed by atoms with Gasteiger partial charge in [-0.15, -0.1) is 0 Å². The maximum Gasteiger partial charge on any atom is 0.221 e. The minimum Gasteiger partial charge on any atom is -0.481 e. The Bertz CT molecular complexity index is 740. The number of nitrogen functional groups attached to an aromatic ring is 1. The molecular weight excluding hydrogens is 238 g/mol. The summed E-state index contributed by atoms with van der Waals surface area (Å²) >= 11 is 0. The first-order chi connectivity index (χ1) is 9.29. The van der Waals surface area contributed by atoms with Crippen LogP contribution in [-0.4, -0.2) is 17.1 Å². The third kappa shape index (κ3) is 1.97. The maximum absolute atomic E-state index is 6.00. The summed E-state index contributed by atoms with van der Waals surface area (Å²) in [6.07, 6.45) is 3.39. The number of para-hydroxylation sites is 1. The van der Waals surface area contributed by atoms with Crippen molar-refractivity contribution in [1.82, 2.24) is 9.97 Å². The number of hydrogen-bond donors (Lipinski definition) is 1. The van der Waals surface area contributed by atoms with Crippen LogP contribution >= 0.6 is 0 Å². The molecular formula is C15H13N3O. The molecule has 0 radical (unpaired) electrons. The Kier molecular flexibility index (Phi) is 2.76. The highest BCUT2D eigenvalue weighted by Gasteiger charge is 2.12. The third-order valence-corrected chi connectivity index (χ3v) is 3.03. The van der Waals surface area contributed by atoms with Crippen LogP contribution in [0.1, 0.15) is 0 Å². The standard InChI is InChI=1S/C15H13N3O/c1-19-15-11(12-9-17-7-6-13(12)16)8-10-4-2-3-5-14(10)18-15/h2-9H,1H3,(H2,16,17). The van der Waals surface area contributed by atoms with E-state index < -0.39 is 0 Å². The van der Waals surface area contributed by atoms with Gasteiger partial charge in [-0.2, -0.15) is 0 Å². The first-order valence-corrected chi connectivity index (χ1v) is 5.93. The molecule has 0 fully saturated rings. The number of aromatic nitrogens is 2. The number of nitrogens with two attached hydrogens (primary N) is 1. The number of fused-ring (bicyclic) bond motifs is 1. The van der Waals surface area contributed by atoms with Crippen LogP contribution in [0, 0.1) is 0 Å². The fraction of sp³-hybridized carbons (Fsp3) is 0.0667. The SMILES string of the molecule is COc1nc2ccccc2cc1-c1cnccc1N. The van der Waals surface area contributed by atoms with Gasteiger partial charge in [-0.05, 0) is 18.2 Å². The van der Waals surface area contributed by atoms with Crippen molar-refractivity contribution in [2.24, 2.45) is 0 Å². The molecule has 4 heteroatoms. The largest absolute Gasteiger partial charge is 0.481 e. The zero-order chi connectivity index (χ0) is 13.2. The third-order valence-electron chi connectivity index (χ3n) is 3.03. The van der Waals surface area contributed by atoms with Crippen molar-refractivity contribution >= 4 is 16.6 Å². The normalized spacial score (nSPS) is 10.6. The van der Waals surface area contributed by atoms with E-state index in [2.05, 4.69) is 9.97 Å². The van der Waals surface area contributed by atoms with Gasteiger partial charge in [-0.25, -0.2) is 4.98 Å². The van der Waals surface area contributed by atoms with Gasteiger partial charge in [-0.3, -0.25) is 4.98 Å². The Morgan fingerprint density at radius 1 is 1.11 bits per heavy atom. The smallest absolute Gasteiger partial charge is 0.221 e. The lowest BCUT2D eigenvalue weighted by Gasteiger charge is -2.10. The molecule has 3 rings (SSSR count). The van der Waals surface area contributed by atoms with Crippen molar-refractivity contribution in [1.29, 1.82) is 0 Å². The molecule has 0 atom stereocenters. The van der Waals surface area contributed by atoms with Crippen LogP contribution in [0.4, 0.5) is 5.69 Å². The number of benzene rings is 1. The topological polar surface area (TPSA) is 61.0 Å². The Morgan fingerprint density at radius 3 is 2.74 bits per heavy atom. The summed E-state index contributed by atoms with van der Waals surface area (Å²) in [6.45, 7) is 0. The van der Waals surface area contributed by atoms with Gasteiger partial charge in [0.05, 0.1) is 12.6 Å². The van der Waals surface area contributed by atoms with E-state index in [-0.39, 0.29) is 0 Å². The first-order valence-electron chi connectivity index (χ1n) is 5.93. The molecule has 2 N–H and O–H groups in total. The van der Waals surface area contributed by atoms with E-state index in [0.29, 0.717) is 11.6 Å². The second-order valence-electron chi connectivity index (χ2n) is 4.20. The molecule has 94 valence electrons. The quantitative estimate of drug-likeness (QED) is 0.760. The van der Waals surface area contributed by atoms with E-state index in [9.17, 15) is 0 Å². The van der Waals surface area contributed by atoms with Crippen LogP contribution < -0.4 is 10.5 Å². The molecule has 0 saturated heterocycles. The van der Waals surface area contributed by atoms with Crippen LogP contribution in [0.25, 0.3) is 22.0 Å². The van der Waals surface area contributed by atoms with Gasteiger partial charge < -0.3 is 10.5 Å². The minimum absolute atomic E-state index is 0.554. The molecule has 2 heterocycles. The zero-order valence-corrected chi connectivity index (χ0v) is 10.5. The maximum atomic E-state index is 6.00. The highest BCUT2D eigenvalue weighted by Crippen LogP contribution is 2.34. The predicted molar refractivity (Wildman–Crippen MR) is 75.9 cm³/mol. The second kappa shape index (κ2) is 4.57. The van der Waals surface area contributed by atoms with Crippen LogP contribution in [0.3, 0.4) is 0 Å². The summed E-state index contributed by atoms with van der Waals surface area (Å²) in [5.41, 5.74) is 9.23. The van der Waals surface area contributed by atoms with Crippen LogP contribution in [0.2, 0.25) is 0 Å². The van der Waals surface area contributed by atoms with Crippen molar-refractivity contribution in [3.63, 3.8) is 0 Å². The molecule has 19 heavy (non-hydrogen) atoms. The van der Waals surface area contributed by atoms with E-state index >= 15 is 0 Å². The summed E-state index contributed by atoms with van der Waals surface area (Å²) in [4.78, 5) is 8.62. The van der Waals surface area contributed by atoms with E-state index in [0.717, 1.165) is 22.0 Å². The zero-order valence-electron chi connectivity index (χ0n) is 10.5. The summed E-state index contributed by atoms with van der Waals surface area (Å²) < 4.78 is 5.37. The van der Waals surface area contributed by atoms with Gasteiger partial charge in [0.15, 0.2) is 0 Å². The monoisotopic (exact) mass is 251 g/mol. The second-order valence-corrected chi connectivity index (χ2v) is 4.20. The Morgan fingerprint density at radius 2 is 1.95 bits per heavy atom. The predicted octanol–water partition coefficient (Wildman–Crippen LogP) is 2.89. The van der Waals surface area contributed by atoms with Crippen molar-refractivity contribution in [2.45, 2.75) is 0 Å². The fourth-order valence-electron chi connectivity index (χ4n) is 2.08. The Labute approximate surface area is 110 Å². The highest BCUT2D eigenvalue weighted by atomic mass is 16.5. The van der Waals surface area contributed by atoms with Gasteiger partial charge in [-0.1, -0.05) is 18.2 Å². The number of nitrogens with zero attached hydrogens (tertiary/aromatic N) is 2. The first kappa shape index (κ1) is 11.5. The molecule has 3 aromatic rings. The minimum atomic E-state index is 0.554.